The molecule has 1 atom stereocenters. The van der Waals surface area contributed by atoms with Crippen molar-refractivity contribution in [2.45, 2.75) is 37.1 Å². The maximum absolute atomic E-state index is 6.16. The molecule has 1 aromatic rings. The average molecular weight is 284 g/mol. The number of hydrogen-bond donors (Lipinski definition) is 1. The Kier molecular flexibility index (Phi) is 4.63. The van der Waals surface area contributed by atoms with Crippen molar-refractivity contribution in [3.8, 4) is 0 Å². The van der Waals surface area contributed by atoms with Gasteiger partial charge in [-0.3, -0.25) is 0 Å². The molecule has 0 heterocycles. The molecular weight excluding hydrogens is 262 g/mol. The van der Waals surface area contributed by atoms with Gasteiger partial charge in [0.25, 0.3) is 0 Å². The SMILES string of the molecule is CN(C)C(CCS)C1(c2cccc(Cl)c2)CCC1. The molecule has 2 rings (SSSR count). The summed E-state index contributed by atoms with van der Waals surface area (Å²) in [4.78, 5) is 2.36. The first-order chi connectivity index (χ1) is 8.60. The second kappa shape index (κ2) is 5.85. The number of benzene rings is 1. The Labute approximate surface area is 121 Å². The molecule has 1 aliphatic carbocycles. The maximum Gasteiger partial charge on any atom is 0.0408 e. The maximum atomic E-state index is 6.16. The number of nitrogens with zero attached hydrogens (tertiary/aromatic N) is 1. The minimum Gasteiger partial charge on any atom is -0.306 e. The van der Waals surface area contributed by atoms with Crippen LogP contribution < -0.4 is 0 Å². The zero-order valence-electron chi connectivity index (χ0n) is 11.2. The van der Waals surface area contributed by atoms with Gasteiger partial charge in [-0.1, -0.05) is 30.2 Å². The molecular formula is C15H22ClNS. The number of rotatable bonds is 5. The van der Waals surface area contributed by atoms with Gasteiger partial charge in [0.15, 0.2) is 0 Å². The van der Waals surface area contributed by atoms with Gasteiger partial charge in [-0.2, -0.15) is 12.6 Å². The molecule has 1 aliphatic rings. The van der Waals surface area contributed by atoms with Crippen molar-refractivity contribution in [3.63, 3.8) is 0 Å². The van der Waals surface area contributed by atoms with Crippen LogP contribution in [0, 0.1) is 0 Å². The van der Waals surface area contributed by atoms with E-state index in [1.54, 1.807) is 0 Å². The second-order valence-corrected chi connectivity index (χ2v) is 6.40. The van der Waals surface area contributed by atoms with E-state index in [2.05, 4.69) is 49.8 Å². The fourth-order valence-corrected chi connectivity index (χ4v) is 3.76. The Morgan fingerprint density at radius 2 is 2.11 bits per heavy atom. The third kappa shape index (κ3) is 2.56. The Morgan fingerprint density at radius 1 is 1.39 bits per heavy atom. The highest BCUT2D eigenvalue weighted by atomic mass is 35.5. The lowest BCUT2D eigenvalue weighted by Gasteiger charge is -2.51. The van der Waals surface area contributed by atoms with E-state index in [-0.39, 0.29) is 5.41 Å². The van der Waals surface area contributed by atoms with E-state index in [0.29, 0.717) is 6.04 Å². The van der Waals surface area contributed by atoms with Crippen molar-refractivity contribution in [2.75, 3.05) is 19.8 Å². The normalized spacial score (nSPS) is 19.6. The van der Waals surface area contributed by atoms with E-state index in [1.165, 1.54) is 24.8 Å². The van der Waals surface area contributed by atoms with Crippen LogP contribution >= 0.6 is 24.2 Å². The average Bonchev–Trinajstić information content (AvgIpc) is 2.26. The van der Waals surface area contributed by atoms with E-state index in [4.69, 9.17) is 11.6 Å². The first kappa shape index (κ1) is 14.2. The van der Waals surface area contributed by atoms with Gasteiger partial charge in [-0.05, 0) is 56.8 Å². The van der Waals surface area contributed by atoms with Crippen LogP contribution in [0.4, 0.5) is 0 Å². The molecule has 0 saturated heterocycles. The summed E-state index contributed by atoms with van der Waals surface area (Å²) < 4.78 is 0. The van der Waals surface area contributed by atoms with Gasteiger partial charge in [-0.25, -0.2) is 0 Å². The number of hydrogen-bond acceptors (Lipinski definition) is 2. The largest absolute Gasteiger partial charge is 0.306 e. The van der Waals surface area contributed by atoms with Crippen LogP contribution in [0.25, 0.3) is 0 Å². The van der Waals surface area contributed by atoms with E-state index >= 15 is 0 Å². The number of likely N-dealkylation sites (N-methyl/N-ethyl adjacent to an activating group) is 1. The Bertz CT molecular complexity index is 401. The third-order valence-electron chi connectivity index (χ3n) is 4.31. The van der Waals surface area contributed by atoms with Crippen molar-refractivity contribution >= 4 is 24.2 Å². The van der Waals surface area contributed by atoms with E-state index < -0.39 is 0 Å². The lowest BCUT2D eigenvalue weighted by molar-refractivity contribution is 0.0946. The van der Waals surface area contributed by atoms with Gasteiger partial charge in [0.2, 0.25) is 0 Å². The summed E-state index contributed by atoms with van der Waals surface area (Å²) in [6, 6.07) is 8.98. The molecule has 0 amide bonds. The van der Waals surface area contributed by atoms with Gasteiger partial charge >= 0.3 is 0 Å². The summed E-state index contributed by atoms with van der Waals surface area (Å²) in [6.45, 7) is 0. The lowest BCUT2D eigenvalue weighted by atomic mass is 9.59. The van der Waals surface area contributed by atoms with Crippen LogP contribution in [0.5, 0.6) is 0 Å². The van der Waals surface area contributed by atoms with Crippen molar-refractivity contribution in [3.05, 3.63) is 34.9 Å². The molecule has 3 heteroatoms. The molecule has 1 saturated carbocycles. The molecule has 1 fully saturated rings. The van der Waals surface area contributed by atoms with Gasteiger partial charge in [0.05, 0.1) is 0 Å². The molecule has 0 N–H and O–H groups in total. The summed E-state index contributed by atoms with van der Waals surface area (Å²) in [6.07, 6.45) is 4.99. The summed E-state index contributed by atoms with van der Waals surface area (Å²) in [5, 5.41) is 0.849. The highest BCUT2D eigenvalue weighted by Crippen LogP contribution is 2.49. The van der Waals surface area contributed by atoms with Crippen LogP contribution in [0.2, 0.25) is 5.02 Å². The summed E-state index contributed by atoms with van der Waals surface area (Å²) in [7, 11) is 4.36. The third-order valence-corrected chi connectivity index (χ3v) is 4.80. The summed E-state index contributed by atoms with van der Waals surface area (Å²) in [5.74, 6) is 0.936. The molecule has 1 unspecified atom stereocenters. The topological polar surface area (TPSA) is 3.24 Å². The van der Waals surface area contributed by atoms with E-state index in [0.717, 1.165) is 17.2 Å². The van der Waals surface area contributed by atoms with Crippen LogP contribution in [0.1, 0.15) is 31.2 Å². The van der Waals surface area contributed by atoms with Crippen molar-refractivity contribution in [1.29, 1.82) is 0 Å². The summed E-state index contributed by atoms with van der Waals surface area (Å²) >= 11 is 10.6. The van der Waals surface area contributed by atoms with E-state index in [9.17, 15) is 0 Å². The van der Waals surface area contributed by atoms with Crippen LogP contribution in [0.15, 0.2) is 24.3 Å². The van der Waals surface area contributed by atoms with Crippen LogP contribution in [-0.2, 0) is 5.41 Å². The first-order valence-corrected chi connectivity index (χ1v) is 7.64. The van der Waals surface area contributed by atoms with Crippen molar-refractivity contribution < 1.29 is 0 Å². The first-order valence-electron chi connectivity index (χ1n) is 6.63. The molecule has 100 valence electrons. The predicted octanol–water partition coefficient (Wildman–Crippen LogP) is 4.01. The highest BCUT2D eigenvalue weighted by Gasteiger charge is 2.45. The molecule has 0 aliphatic heterocycles. The molecule has 0 bridgehead atoms. The zero-order valence-corrected chi connectivity index (χ0v) is 12.8. The number of thiol groups is 1. The van der Waals surface area contributed by atoms with E-state index in [1.807, 2.05) is 6.07 Å². The minimum atomic E-state index is 0.289. The van der Waals surface area contributed by atoms with Crippen LogP contribution in [0.3, 0.4) is 0 Å². The Balaban J connectivity index is 2.34. The lowest BCUT2D eigenvalue weighted by Crippen LogP contribution is -2.52. The molecule has 1 aromatic carbocycles. The summed E-state index contributed by atoms with van der Waals surface area (Å²) in [5.41, 5.74) is 1.69. The fraction of sp³-hybridized carbons (Fsp3) is 0.600. The van der Waals surface area contributed by atoms with Gasteiger partial charge in [0, 0.05) is 16.5 Å². The zero-order chi connectivity index (χ0) is 13.2. The Morgan fingerprint density at radius 3 is 2.56 bits per heavy atom. The standard InChI is InChI=1S/C15H22ClNS/c1-17(2)14(7-10-18)15(8-4-9-15)12-5-3-6-13(16)11-12/h3,5-6,11,14,18H,4,7-10H2,1-2H3. The smallest absolute Gasteiger partial charge is 0.0408 e. The molecule has 1 nitrogen and oxygen atoms in total. The van der Waals surface area contributed by atoms with Gasteiger partial charge in [-0.15, -0.1) is 0 Å². The van der Waals surface area contributed by atoms with Crippen molar-refractivity contribution in [2.24, 2.45) is 0 Å². The van der Waals surface area contributed by atoms with Gasteiger partial charge < -0.3 is 4.90 Å². The predicted molar refractivity (Wildman–Crippen MR) is 82.9 cm³/mol. The number of halogens is 1. The molecule has 0 radical (unpaired) electrons. The second-order valence-electron chi connectivity index (χ2n) is 5.51. The quantitative estimate of drug-likeness (QED) is 0.799. The minimum absolute atomic E-state index is 0.289. The highest BCUT2D eigenvalue weighted by molar-refractivity contribution is 7.80. The molecule has 18 heavy (non-hydrogen) atoms. The molecule has 0 spiro atoms. The fourth-order valence-electron chi connectivity index (χ4n) is 3.32. The van der Waals surface area contributed by atoms with Gasteiger partial charge in [0.1, 0.15) is 0 Å². The molecule has 0 aromatic heterocycles. The monoisotopic (exact) mass is 283 g/mol. The Hall–Kier alpha value is -0.180. The van der Waals surface area contributed by atoms with Crippen molar-refractivity contribution in [1.82, 2.24) is 4.90 Å². The van der Waals surface area contributed by atoms with Crippen LogP contribution in [-0.4, -0.2) is 30.8 Å².